The van der Waals surface area contributed by atoms with Crippen molar-refractivity contribution in [2.75, 3.05) is 6.61 Å². The SMILES string of the molecule is CCCCC1=C(O[Si](CC)(CC)CC)CCC[C@@H]1/C=C/CCOCc1ccccc1. The van der Waals surface area contributed by atoms with Crippen LogP contribution in [0.15, 0.2) is 53.8 Å². The molecule has 1 aliphatic rings. The smallest absolute Gasteiger partial charge is 0.250 e. The third-order valence-corrected chi connectivity index (χ3v) is 11.3. The minimum Gasteiger partial charge on any atom is -0.547 e. The highest BCUT2D eigenvalue weighted by molar-refractivity contribution is 6.73. The Morgan fingerprint density at radius 2 is 1.77 bits per heavy atom. The first-order chi connectivity index (χ1) is 14.7. The summed E-state index contributed by atoms with van der Waals surface area (Å²) in [6.07, 6.45) is 13.2. The lowest BCUT2D eigenvalue weighted by Gasteiger charge is -2.35. The molecular formula is C27H44O2Si. The summed E-state index contributed by atoms with van der Waals surface area (Å²) in [5.41, 5.74) is 2.85. The van der Waals surface area contributed by atoms with Crippen LogP contribution in [-0.4, -0.2) is 14.9 Å². The normalized spacial score (nSPS) is 17.7. The van der Waals surface area contributed by atoms with Gasteiger partial charge in [0.2, 0.25) is 8.32 Å². The van der Waals surface area contributed by atoms with Crippen LogP contribution in [0.2, 0.25) is 18.1 Å². The molecule has 0 spiro atoms. The summed E-state index contributed by atoms with van der Waals surface area (Å²) in [4.78, 5) is 0. The number of rotatable bonds is 14. The molecule has 0 fully saturated rings. The minimum absolute atomic E-state index is 0.562. The fourth-order valence-corrected chi connectivity index (χ4v) is 7.14. The van der Waals surface area contributed by atoms with Crippen molar-refractivity contribution >= 4 is 8.32 Å². The second-order valence-corrected chi connectivity index (χ2v) is 13.3. The topological polar surface area (TPSA) is 18.5 Å². The Morgan fingerprint density at radius 1 is 1.03 bits per heavy atom. The lowest BCUT2D eigenvalue weighted by atomic mass is 9.83. The third-order valence-electron chi connectivity index (χ3n) is 6.71. The number of hydrogen-bond acceptors (Lipinski definition) is 2. The van der Waals surface area contributed by atoms with Crippen LogP contribution in [0.4, 0.5) is 0 Å². The molecule has 168 valence electrons. The number of benzene rings is 1. The van der Waals surface area contributed by atoms with Crippen molar-refractivity contribution in [3.63, 3.8) is 0 Å². The van der Waals surface area contributed by atoms with E-state index in [-0.39, 0.29) is 0 Å². The van der Waals surface area contributed by atoms with E-state index in [1.165, 1.54) is 61.6 Å². The molecule has 0 bridgehead atoms. The van der Waals surface area contributed by atoms with Crippen molar-refractivity contribution in [3.05, 3.63) is 59.4 Å². The highest BCUT2D eigenvalue weighted by Gasteiger charge is 2.33. The second kappa shape index (κ2) is 13.9. The van der Waals surface area contributed by atoms with E-state index in [9.17, 15) is 0 Å². The van der Waals surface area contributed by atoms with E-state index in [0.717, 1.165) is 19.4 Å². The lowest BCUT2D eigenvalue weighted by Crippen LogP contribution is -2.36. The predicted molar refractivity (Wildman–Crippen MR) is 132 cm³/mol. The number of allylic oxidation sites excluding steroid dienone is 3. The van der Waals surface area contributed by atoms with E-state index in [1.807, 2.05) is 6.07 Å². The molecule has 2 rings (SSSR count). The van der Waals surface area contributed by atoms with Crippen molar-refractivity contribution in [2.24, 2.45) is 5.92 Å². The van der Waals surface area contributed by atoms with E-state index in [1.54, 1.807) is 5.57 Å². The van der Waals surface area contributed by atoms with Crippen LogP contribution in [0.25, 0.3) is 0 Å². The Morgan fingerprint density at radius 3 is 2.43 bits per heavy atom. The molecule has 0 saturated carbocycles. The first-order valence-electron chi connectivity index (χ1n) is 12.4. The average Bonchev–Trinajstić information content (AvgIpc) is 2.80. The average molecular weight is 429 g/mol. The van der Waals surface area contributed by atoms with Crippen LogP contribution in [0.1, 0.15) is 78.2 Å². The third kappa shape index (κ3) is 7.74. The van der Waals surface area contributed by atoms with E-state index in [2.05, 4.69) is 64.1 Å². The number of hydrogen-bond donors (Lipinski definition) is 0. The summed E-state index contributed by atoms with van der Waals surface area (Å²) in [7, 11) is -1.60. The maximum Gasteiger partial charge on any atom is 0.250 e. The van der Waals surface area contributed by atoms with Crippen molar-refractivity contribution < 1.29 is 9.16 Å². The lowest BCUT2D eigenvalue weighted by molar-refractivity contribution is 0.125. The molecule has 0 N–H and O–H groups in total. The van der Waals surface area contributed by atoms with Crippen LogP contribution >= 0.6 is 0 Å². The molecule has 0 aromatic heterocycles. The first-order valence-corrected chi connectivity index (χ1v) is 14.9. The Balaban J connectivity index is 1.97. The zero-order valence-electron chi connectivity index (χ0n) is 19.9. The first kappa shape index (κ1) is 24.9. The largest absolute Gasteiger partial charge is 0.547 e. The van der Waals surface area contributed by atoms with Crippen LogP contribution in [-0.2, 0) is 15.8 Å². The maximum atomic E-state index is 6.92. The molecular weight excluding hydrogens is 384 g/mol. The Hall–Kier alpha value is -1.32. The van der Waals surface area contributed by atoms with Gasteiger partial charge in [0.05, 0.1) is 19.0 Å². The summed E-state index contributed by atoms with van der Waals surface area (Å²) in [5.74, 6) is 1.94. The van der Waals surface area contributed by atoms with Gasteiger partial charge in [-0.05, 0) is 61.4 Å². The molecule has 0 unspecified atom stereocenters. The molecule has 30 heavy (non-hydrogen) atoms. The summed E-state index contributed by atoms with van der Waals surface area (Å²) >= 11 is 0. The van der Waals surface area contributed by atoms with E-state index in [0.29, 0.717) is 12.5 Å². The van der Waals surface area contributed by atoms with Gasteiger partial charge >= 0.3 is 0 Å². The van der Waals surface area contributed by atoms with E-state index in [4.69, 9.17) is 9.16 Å². The predicted octanol–water partition coefficient (Wildman–Crippen LogP) is 8.42. The van der Waals surface area contributed by atoms with Crippen molar-refractivity contribution in [2.45, 2.75) is 97.4 Å². The Bertz CT molecular complexity index is 638. The molecule has 1 aliphatic carbocycles. The van der Waals surface area contributed by atoms with Gasteiger partial charge in [-0.1, -0.05) is 76.6 Å². The molecule has 2 nitrogen and oxygen atoms in total. The number of unbranched alkanes of at least 4 members (excludes halogenated alkanes) is 1. The maximum absolute atomic E-state index is 6.92. The summed E-state index contributed by atoms with van der Waals surface area (Å²) in [6, 6.07) is 14.1. The molecule has 0 aliphatic heterocycles. The highest BCUT2D eigenvalue weighted by atomic mass is 28.4. The van der Waals surface area contributed by atoms with Gasteiger partial charge in [-0.2, -0.15) is 0 Å². The number of ether oxygens (including phenoxy) is 1. The summed E-state index contributed by atoms with van der Waals surface area (Å²) in [6.45, 7) is 10.8. The van der Waals surface area contributed by atoms with Crippen LogP contribution in [0, 0.1) is 5.92 Å². The van der Waals surface area contributed by atoms with Crippen LogP contribution in [0.3, 0.4) is 0 Å². The zero-order valence-corrected chi connectivity index (χ0v) is 20.9. The quantitative estimate of drug-likeness (QED) is 0.168. The fraction of sp³-hybridized carbons (Fsp3) is 0.630. The Kier molecular flexibility index (Phi) is 11.5. The van der Waals surface area contributed by atoms with Gasteiger partial charge in [0.15, 0.2) is 0 Å². The molecule has 1 aromatic carbocycles. The van der Waals surface area contributed by atoms with Gasteiger partial charge in [0.1, 0.15) is 0 Å². The molecule has 0 saturated heterocycles. The molecule has 0 amide bonds. The molecule has 0 heterocycles. The van der Waals surface area contributed by atoms with Gasteiger partial charge in [0.25, 0.3) is 0 Å². The minimum atomic E-state index is -1.60. The van der Waals surface area contributed by atoms with Gasteiger partial charge in [-0.15, -0.1) is 0 Å². The fourth-order valence-electron chi connectivity index (χ4n) is 4.45. The van der Waals surface area contributed by atoms with Gasteiger partial charge in [-0.25, -0.2) is 0 Å². The monoisotopic (exact) mass is 428 g/mol. The molecule has 1 aromatic rings. The van der Waals surface area contributed by atoms with E-state index < -0.39 is 8.32 Å². The summed E-state index contributed by atoms with van der Waals surface area (Å²) < 4.78 is 12.8. The van der Waals surface area contributed by atoms with Gasteiger partial charge < -0.3 is 9.16 Å². The van der Waals surface area contributed by atoms with E-state index >= 15 is 0 Å². The van der Waals surface area contributed by atoms with Crippen molar-refractivity contribution in [3.8, 4) is 0 Å². The van der Waals surface area contributed by atoms with Crippen LogP contribution in [0.5, 0.6) is 0 Å². The van der Waals surface area contributed by atoms with Crippen LogP contribution < -0.4 is 0 Å². The van der Waals surface area contributed by atoms with Gasteiger partial charge in [-0.3, -0.25) is 0 Å². The standard InChI is InChI=1S/C27H44O2Si/c1-5-9-20-26-25(18-13-14-22-28-23-24-16-11-10-12-17-24)19-15-21-27(26)29-30(6-2,7-3)8-4/h10-13,16-18,25H,5-9,14-15,19-23H2,1-4H3/b18-13+/t25-/m0/s1. The molecule has 1 atom stereocenters. The highest BCUT2D eigenvalue weighted by Crippen LogP contribution is 2.38. The van der Waals surface area contributed by atoms with Crippen molar-refractivity contribution in [1.29, 1.82) is 0 Å². The molecule has 0 radical (unpaired) electrons. The van der Waals surface area contributed by atoms with Gasteiger partial charge in [0, 0.05) is 12.3 Å². The van der Waals surface area contributed by atoms with Crippen molar-refractivity contribution in [1.82, 2.24) is 0 Å². The second-order valence-electron chi connectivity index (χ2n) is 8.65. The molecule has 3 heteroatoms. The zero-order chi connectivity index (χ0) is 21.7. The summed E-state index contributed by atoms with van der Waals surface area (Å²) in [5, 5.41) is 0. The Labute approximate surface area is 186 Å².